The van der Waals surface area contributed by atoms with Gasteiger partial charge in [0.05, 0.1) is 5.39 Å². The van der Waals surface area contributed by atoms with E-state index in [2.05, 4.69) is 27.6 Å². The summed E-state index contributed by atoms with van der Waals surface area (Å²) in [6.07, 6.45) is 3.41. The van der Waals surface area contributed by atoms with Crippen LogP contribution in [0.3, 0.4) is 0 Å². The molecule has 2 amide bonds. The highest BCUT2D eigenvalue weighted by Gasteiger charge is 2.19. The summed E-state index contributed by atoms with van der Waals surface area (Å²) >= 11 is 0. The van der Waals surface area contributed by atoms with Crippen LogP contribution in [0.4, 0.5) is 10.6 Å². The molecule has 1 aliphatic heterocycles. The second kappa shape index (κ2) is 6.03. The smallest absolute Gasteiger partial charge is 0.320 e. The molecule has 2 aromatic rings. The molecule has 3 rings (SSSR count). The van der Waals surface area contributed by atoms with Gasteiger partial charge in [-0.15, -0.1) is 0 Å². The SMILES string of the molecule is CN1CCC(NC(=O)Nc2nccc3oc(C#N)cc23)CC1. The molecule has 7 nitrogen and oxygen atoms in total. The molecule has 114 valence electrons. The van der Waals surface area contributed by atoms with Crippen molar-refractivity contribution in [3.05, 3.63) is 24.1 Å². The second-order valence-electron chi connectivity index (χ2n) is 5.47. The quantitative estimate of drug-likeness (QED) is 0.883. The first kappa shape index (κ1) is 14.4. The molecule has 2 aromatic heterocycles. The maximum absolute atomic E-state index is 12.1. The van der Waals surface area contributed by atoms with Crippen LogP contribution in [0.2, 0.25) is 0 Å². The van der Waals surface area contributed by atoms with Crippen molar-refractivity contribution in [2.45, 2.75) is 18.9 Å². The molecule has 0 radical (unpaired) electrons. The predicted octanol–water partition coefficient (Wildman–Crippen LogP) is 1.92. The van der Waals surface area contributed by atoms with Crippen LogP contribution >= 0.6 is 0 Å². The van der Waals surface area contributed by atoms with Crippen LogP contribution in [0, 0.1) is 11.3 Å². The van der Waals surface area contributed by atoms with E-state index >= 15 is 0 Å². The number of carbonyl (C=O) groups is 1. The molecule has 0 bridgehead atoms. The van der Waals surface area contributed by atoms with E-state index in [0.29, 0.717) is 16.8 Å². The van der Waals surface area contributed by atoms with Crippen LogP contribution in [0.25, 0.3) is 11.0 Å². The number of pyridine rings is 1. The zero-order chi connectivity index (χ0) is 15.5. The van der Waals surface area contributed by atoms with Gasteiger partial charge in [0.1, 0.15) is 17.5 Å². The molecule has 0 unspecified atom stereocenters. The zero-order valence-corrected chi connectivity index (χ0v) is 12.3. The van der Waals surface area contributed by atoms with Gasteiger partial charge in [-0.25, -0.2) is 9.78 Å². The van der Waals surface area contributed by atoms with Crippen molar-refractivity contribution in [1.29, 1.82) is 5.26 Å². The minimum Gasteiger partial charge on any atom is -0.445 e. The number of furan rings is 1. The molecule has 1 saturated heterocycles. The standard InChI is InChI=1S/C15H17N5O2/c1-20-6-3-10(4-7-20)18-15(21)19-14-12-8-11(9-16)22-13(12)2-5-17-14/h2,5,8,10H,3-4,6-7H2,1H3,(H2,17,18,19,21). The molecule has 0 saturated carbocycles. The summed E-state index contributed by atoms with van der Waals surface area (Å²) in [6, 6.07) is 5.07. The molecule has 0 aromatic carbocycles. The third kappa shape index (κ3) is 3.02. The first-order valence-corrected chi connectivity index (χ1v) is 7.20. The van der Waals surface area contributed by atoms with Gasteiger partial charge in [0.15, 0.2) is 0 Å². The third-order valence-electron chi connectivity index (χ3n) is 3.84. The Labute approximate surface area is 127 Å². The van der Waals surface area contributed by atoms with E-state index in [1.165, 1.54) is 6.20 Å². The summed E-state index contributed by atoms with van der Waals surface area (Å²) in [7, 11) is 2.08. The number of piperidine rings is 1. The monoisotopic (exact) mass is 299 g/mol. The summed E-state index contributed by atoms with van der Waals surface area (Å²) in [5.74, 6) is 0.593. The van der Waals surface area contributed by atoms with Crippen LogP contribution in [-0.4, -0.2) is 42.1 Å². The normalized spacial score (nSPS) is 16.4. The molecule has 2 N–H and O–H groups in total. The van der Waals surface area contributed by atoms with Gasteiger partial charge in [0.2, 0.25) is 5.76 Å². The number of rotatable bonds is 2. The summed E-state index contributed by atoms with van der Waals surface area (Å²) in [6.45, 7) is 1.96. The zero-order valence-electron chi connectivity index (χ0n) is 12.3. The van der Waals surface area contributed by atoms with Crippen molar-refractivity contribution in [2.75, 3.05) is 25.5 Å². The maximum Gasteiger partial charge on any atom is 0.320 e. The van der Waals surface area contributed by atoms with E-state index < -0.39 is 0 Å². The Morgan fingerprint density at radius 3 is 3.00 bits per heavy atom. The molecule has 22 heavy (non-hydrogen) atoms. The third-order valence-corrected chi connectivity index (χ3v) is 3.84. The highest BCUT2D eigenvalue weighted by molar-refractivity contribution is 5.98. The number of hydrogen-bond donors (Lipinski definition) is 2. The van der Waals surface area contributed by atoms with Crippen molar-refractivity contribution in [3.8, 4) is 6.07 Å². The number of nitrogens with zero attached hydrogens (tertiary/aromatic N) is 3. The average molecular weight is 299 g/mol. The number of anilines is 1. The number of fused-ring (bicyclic) bond motifs is 1. The lowest BCUT2D eigenvalue weighted by atomic mass is 10.1. The van der Waals surface area contributed by atoms with Gasteiger partial charge < -0.3 is 14.6 Å². The molecule has 7 heteroatoms. The minimum absolute atomic E-state index is 0.175. The lowest BCUT2D eigenvalue weighted by Gasteiger charge is -2.29. The second-order valence-corrected chi connectivity index (χ2v) is 5.47. The molecular formula is C15H17N5O2. The highest BCUT2D eigenvalue weighted by Crippen LogP contribution is 2.24. The summed E-state index contributed by atoms with van der Waals surface area (Å²) < 4.78 is 5.32. The van der Waals surface area contributed by atoms with Gasteiger partial charge in [-0.2, -0.15) is 5.26 Å². The number of likely N-dealkylation sites (tertiary alicyclic amines) is 1. The van der Waals surface area contributed by atoms with Crippen LogP contribution in [-0.2, 0) is 0 Å². The predicted molar refractivity (Wildman–Crippen MR) is 81.4 cm³/mol. The first-order chi connectivity index (χ1) is 10.7. The van der Waals surface area contributed by atoms with Gasteiger partial charge >= 0.3 is 6.03 Å². The van der Waals surface area contributed by atoms with Crippen molar-refractivity contribution in [2.24, 2.45) is 0 Å². The van der Waals surface area contributed by atoms with Crippen LogP contribution in [0.5, 0.6) is 0 Å². The van der Waals surface area contributed by atoms with Crippen LogP contribution < -0.4 is 10.6 Å². The largest absolute Gasteiger partial charge is 0.445 e. The van der Waals surface area contributed by atoms with Gasteiger partial charge in [-0.1, -0.05) is 0 Å². The number of amides is 2. The Bertz CT molecular complexity index is 725. The number of urea groups is 1. The number of aromatic nitrogens is 1. The Kier molecular flexibility index (Phi) is 3.94. The van der Waals surface area contributed by atoms with Crippen molar-refractivity contribution < 1.29 is 9.21 Å². The minimum atomic E-state index is -0.283. The van der Waals surface area contributed by atoms with Gasteiger partial charge in [-0.05, 0) is 39.0 Å². The van der Waals surface area contributed by atoms with E-state index in [9.17, 15) is 4.79 Å². The fourth-order valence-electron chi connectivity index (χ4n) is 2.60. The molecular weight excluding hydrogens is 282 g/mol. The number of hydrogen-bond acceptors (Lipinski definition) is 5. The number of nitriles is 1. The summed E-state index contributed by atoms with van der Waals surface area (Å²) in [5.41, 5.74) is 0.529. The van der Waals surface area contributed by atoms with Gasteiger partial charge in [-0.3, -0.25) is 5.32 Å². The summed E-state index contributed by atoms with van der Waals surface area (Å²) in [5, 5.41) is 15.2. The molecule has 1 fully saturated rings. The van der Waals surface area contributed by atoms with Gasteiger partial charge in [0.25, 0.3) is 0 Å². The Balaban J connectivity index is 1.69. The van der Waals surface area contributed by atoms with E-state index in [1.54, 1.807) is 12.1 Å². The van der Waals surface area contributed by atoms with E-state index in [-0.39, 0.29) is 17.8 Å². The van der Waals surface area contributed by atoms with Crippen LogP contribution in [0.1, 0.15) is 18.6 Å². The van der Waals surface area contributed by atoms with Crippen molar-refractivity contribution >= 4 is 22.8 Å². The molecule has 3 heterocycles. The lowest BCUT2D eigenvalue weighted by molar-refractivity contribution is 0.221. The first-order valence-electron chi connectivity index (χ1n) is 7.20. The molecule has 0 aliphatic carbocycles. The van der Waals surface area contributed by atoms with Gasteiger partial charge in [0, 0.05) is 18.3 Å². The fraction of sp³-hybridized carbons (Fsp3) is 0.400. The van der Waals surface area contributed by atoms with Crippen LogP contribution in [0.15, 0.2) is 22.7 Å². The molecule has 1 aliphatic rings. The Morgan fingerprint density at radius 2 is 2.27 bits per heavy atom. The molecule has 0 spiro atoms. The maximum atomic E-state index is 12.1. The van der Waals surface area contributed by atoms with E-state index in [1.807, 2.05) is 6.07 Å². The van der Waals surface area contributed by atoms with E-state index in [4.69, 9.17) is 9.68 Å². The number of nitrogens with one attached hydrogen (secondary N) is 2. The fourth-order valence-corrected chi connectivity index (χ4v) is 2.60. The van der Waals surface area contributed by atoms with E-state index in [0.717, 1.165) is 25.9 Å². The summed E-state index contributed by atoms with van der Waals surface area (Å²) in [4.78, 5) is 18.5. The highest BCUT2D eigenvalue weighted by atomic mass is 16.3. The topological polar surface area (TPSA) is 94.2 Å². The Hall–Kier alpha value is -2.59. The lowest BCUT2D eigenvalue weighted by Crippen LogP contribution is -2.44. The average Bonchev–Trinajstić information content (AvgIpc) is 2.94. The molecule has 0 atom stereocenters. The Morgan fingerprint density at radius 1 is 1.50 bits per heavy atom. The number of carbonyl (C=O) groups excluding carboxylic acids is 1. The van der Waals surface area contributed by atoms with Crippen molar-refractivity contribution in [3.63, 3.8) is 0 Å². The van der Waals surface area contributed by atoms with Crippen molar-refractivity contribution in [1.82, 2.24) is 15.2 Å².